The molecule has 0 saturated heterocycles. The molecule has 20 heavy (non-hydrogen) atoms. The lowest BCUT2D eigenvalue weighted by atomic mass is 10.4. The molecule has 0 saturated carbocycles. The Balaban J connectivity index is 2.26. The van der Waals surface area contributed by atoms with Crippen LogP contribution in [0.4, 0.5) is 0 Å². The summed E-state index contributed by atoms with van der Waals surface area (Å²) in [6.45, 7) is 0. The number of rotatable bonds is 3. The average Bonchev–Trinajstić information content (AvgIpc) is 2.30. The first-order chi connectivity index (χ1) is 9.38. The van der Waals surface area contributed by atoms with E-state index < -0.39 is 0 Å². The van der Waals surface area contributed by atoms with Crippen LogP contribution in [0.25, 0.3) is 0 Å². The lowest BCUT2D eigenvalue weighted by molar-refractivity contribution is 1.44. The Kier molecular flexibility index (Phi) is 6.83. The highest BCUT2D eigenvalue weighted by Gasteiger charge is 2.13. The molecule has 0 unspecified atom stereocenters. The number of benzene rings is 2. The van der Waals surface area contributed by atoms with Crippen molar-refractivity contribution in [1.82, 2.24) is 0 Å². The fourth-order valence-electron chi connectivity index (χ4n) is 1.30. The first kappa shape index (κ1) is 17.7. The molecule has 0 nitrogen and oxygen atoms in total. The average molecular weight is 516 g/mol. The van der Waals surface area contributed by atoms with Crippen molar-refractivity contribution in [3.8, 4) is 0 Å². The van der Waals surface area contributed by atoms with Crippen molar-refractivity contribution in [2.75, 3.05) is 0 Å². The van der Waals surface area contributed by atoms with Gasteiger partial charge < -0.3 is 0 Å². The molecule has 0 N–H and O–H groups in total. The Morgan fingerprint density at radius 3 is 1.40 bits per heavy atom. The largest absolute Gasteiger partial charge is 0.0842 e. The molecule has 0 spiro atoms. The number of halogens is 6. The molecule has 2 aromatic carbocycles. The van der Waals surface area contributed by atoms with Gasteiger partial charge in [0.25, 0.3) is 0 Å². The Labute approximate surface area is 163 Å². The van der Waals surface area contributed by atoms with Crippen LogP contribution in [0.5, 0.6) is 0 Å². The molecule has 0 radical (unpaired) electrons. The van der Waals surface area contributed by atoms with Gasteiger partial charge in [-0.3, -0.25) is 0 Å². The van der Waals surface area contributed by atoms with Crippen molar-refractivity contribution >= 4 is 102 Å². The second-order valence-electron chi connectivity index (χ2n) is 3.56. The Morgan fingerprint density at radius 2 is 1.00 bits per heavy atom. The summed E-state index contributed by atoms with van der Waals surface area (Å²) < 4.78 is 0.981. The van der Waals surface area contributed by atoms with Crippen molar-refractivity contribution in [2.24, 2.45) is 0 Å². The summed E-state index contributed by atoms with van der Waals surface area (Å²) in [6, 6.07) is 6.99. The minimum absolute atomic E-state index is 0.498. The van der Waals surface area contributed by atoms with E-state index in [1.807, 2.05) is 12.1 Å². The van der Waals surface area contributed by atoms with Crippen molar-refractivity contribution in [3.05, 3.63) is 52.9 Å². The van der Waals surface area contributed by atoms with Crippen molar-refractivity contribution in [2.45, 2.75) is 9.79 Å². The lowest BCUT2D eigenvalue weighted by Gasteiger charge is -2.09. The van der Waals surface area contributed by atoms with E-state index in [4.69, 9.17) is 58.0 Å². The molecule has 0 aromatic heterocycles. The van der Waals surface area contributed by atoms with E-state index in [1.165, 1.54) is 21.6 Å². The Bertz CT molecular complexity index is 559. The van der Waals surface area contributed by atoms with Gasteiger partial charge in [0.1, 0.15) is 0 Å². The predicted octanol–water partition coefficient (Wildman–Crippen LogP) is 8.36. The van der Waals surface area contributed by atoms with Crippen LogP contribution in [0, 0.1) is 3.57 Å². The van der Waals surface area contributed by atoms with Crippen LogP contribution in [0.3, 0.4) is 0 Å². The molecule has 0 aliphatic heterocycles. The summed E-state index contributed by atoms with van der Waals surface area (Å²) >= 11 is 32.7. The smallest absolute Gasteiger partial charge is 0.0580 e. The summed E-state index contributed by atoms with van der Waals surface area (Å²) in [4.78, 5) is 1.51. The highest BCUT2D eigenvalue weighted by molar-refractivity contribution is 14.1. The van der Waals surface area contributed by atoms with Crippen LogP contribution < -0.4 is 0 Å². The zero-order chi connectivity index (χ0) is 14.9. The minimum Gasteiger partial charge on any atom is -0.0842 e. The van der Waals surface area contributed by atoms with Crippen molar-refractivity contribution in [3.63, 3.8) is 0 Å². The maximum atomic E-state index is 6.20. The first-order valence-electron chi connectivity index (χ1n) is 5.02. The van der Waals surface area contributed by atoms with E-state index >= 15 is 0 Å². The van der Waals surface area contributed by atoms with Crippen LogP contribution in [-0.2, 0) is 0 Å². The molecule has 2 aromatic rings. The quantitative estimate of drug-likeness (QED) is 0.297. The van der Waals surface area contributed by atoms with Crippen LogP contribution in [0.2, 0.25) is 25.1 Å². The van der Waals surface area contributed by atoms with Gasteiger partial charge in [-0.1, -0.05) is 58.0 Å². The molecule has 0 heterocycles. The third-order valence-corrected chi connectivity index (χ3v) is 7.16. The fraction of sp³-hybridized carbons (Fsp3) is 0. The maximum Gasteiger partial charge on any atom is 0.0580 e. The highest BCUT2D eigenvalue weighted by Crippen LogP contribution is 2.49. The van der Waals surface area contributed by atoms with Crippen LogP contribution in [0.15, 0.2) is 34.1 Å². The van der Waals surface area contributed by atoms with Gasteiger partial charge in [-0.05, 0) is 68.4 Å². The van der Waals surface area contributed by atoms with Crippen molar-refractivity contribution < 1.29 is 0 Å². The molecule has 0 aliphatic carbocycles. The second-order valence-corrected chi connectivity index (χ2v) is 9.02. The topological polar surface area (TPSA) is 0 Å². The van der Waals surface area contributed by atoms with Gasteiger partial charge in [0, 0.05) is 8.59 Å². The van der Waals surface area contributed by atoms with E-state index in [9.17, 15) is 0 Å². The molecule has 0 fully saturated rings. The van der Waals surface area contributed by atoms with E-state index in [-0.39, 0.29) is 0 Å². The summed E-state index contributed by atoms with van der Waals surface area (Å²) in [6.07, 6.45) is 0. The number of hydrogen-bond donors (Lipinski definition) is 0. The zero-order valence-electron chi connectivity index (χ0n) is 9.39. The summed E-state index contributed by atoms with van der Waals surface area (Å²) in [5.41, 5.74) is 0. The van der Waals surface area contributed by atoms with Crippen molar-refractivity contribution in [1.29, 1.82) is 0 Å². The molecule has 8 heteroatoms. The second kappa shape index (κ2) is 7.73. The number of hydrogen-bond acceptors (Lipinski definition) is 2. The van der Waals surface area contributed by atoms with Gasteiger partial charge in [0.05, 0.1) is 29.9 Å². The molecule has 0 atom stereocenters. The molecular formula is C12H4Cl5IS2. The lowest BCUT2D eigenvalue weighted by Crippen LogP contribution is -1.80. The minimum atomic E-state index is 0.498. The van der Waals surface area contributed by atoms with E-state index in [1.54, 1.807) is 12.1 Å². The monoisotopic (exact) mass is 514 g/mol. The molecule has 2 rings (SSSR count). The van der Waals surface area contributed by atoms with Crippen LogP contribution in [0.1, 0.15) is 0 Å². The maximum absolute atomic E-state index is 6.20. The third-order valence-electron chi connectivity index (χ3n) is 2.13. The highest BCUT2D eigenvalue weighted by atomic mass is 127. The Hall–Kier alpha value is 1.32. The zero-order valence-corrected chi connectivity index (χ0v) is 17.0. The summed E-state index contributed by atoms with van der Waals surface area (Å²) in [5.74, 6) is 0. The third kappa shape index (κ3) is 4.42. The van der Waals surface area contributed by atoms with Gasteiger partial charge >= 0.3 is 0 Å². The van der Waals surface area contributed by atoms with Crippen LogP contribution in [-0.4, -0.2) is 0 Å². The summed E-state index contributed by atoms with van der Waals surface area (Å²) in [7, 11) is 2.80. The standard InChI is InChI=1S/C12H4Cl5IS2/c13-5-1-7(14)11(8(15)2-5)19-20-12-9(16)3-6(18)4-10(12)17/h1-4H. The van der Waals surface area contributed by atoms with Gasteiger partial charge in [0.2, 0.25) is 0 Å². The van der Waals surface area contributed by atoms with Gasteiger partial charge in [-0.2, -0.15) is 0 Å². The SMILES string of the molecule is Clc1cc(Cl)c(SSc2c(Cl)cc(I)cc2Cl)c(Cl)c1. The molecule has 106 valence electrons. The first-order valence-corrected chi connectivity index (χ1v) is 10.1. The van der Waals surface area contributed by atoms with Gasteiger partial charge in [-0.25, -0.2) is 0 Å². The van der Waals surface area contributed by atoms with Gasteiger partial charge in [0.15, 0.2) is 0 Å². The normalized spacial score (nSPS) is 10.9. The van der Waals surface area contributed by atoms with Crippen LogP contribution >= 0.6 is 102 Å². The molecular weight excluding hydrogens is 512 g/mol. The molecule has 0 aliphatic rings. The van der Waals surface area contributed by atoms with E-state index in [2.05, 4.69) is 22.6 Å². The van der Waals surface area contributed by atoms with E-state index in [0.29, 0.717) is 25.1 Å². The predicted molar refractivity (Wildman–Crippen MR) is 102 cm³/mol. The molecule has 0 amide bonds. The fourth-order valence-corrected chi connectivity index (χ4v) is 6.91. The van der Waals surface area contributed by atoms with Gasteiger partial charge in [-0.15, -0.1) is 0 Å². The van der Waals surface area contributed by atoms with E-state index in [0.717, 1.165) is 13.4 Å². The Morgan fingerprint density at radius 1 is 0.650 bits per heavy atom. The summed E-state index contributed by atoms with van der Waals surface area (Å²) in [5, 5.41) is 2.69. The molecule has 0 bridgehead atoms.